The molecule has 1 heterocycles. The van der Waals surface area contributed by atoms with Crippen molar-refractivity contribution in [3.63, 3.8) is 0 Å². The van der Waals surface area contributed by atoms with E-state index in [-0.39, 0.29) is 23.6 Å². The Hall–Kier alpha value is -4.34. The van der Waals surface area contributed by atoms with Crippen LogP contribution < -0.4 is 10.6 Å². The molecule has 0 aliphatic heterocycles. The summed E-state index contributed by atoms with van der Waals surface area (Å²) in [6.07, 6.45) is -4.52. The van der Waals surface area contributed by atoms with E-state index in [1.807, 2.05) is 25.1 Å². The fourth-order valence-corrected chi connectivity index (χ4v) is 3.85. The van der Waals surface area contributed by atoms with Gasteiger partial charge >= 0.3 is 18.2 Å². The molecule has 0 aliphatic carbocycles. The van der Waals surface area contributed by atoms with Gasteiger partial charge in [-0.05, 0) is 79.4 Å². The molecule has 0 aliphatic rings. The number of anilines is 2. The van der Waals surface area contributed by atoms with Gasteiger partial charge in [0.25, 0.3) is 0 Å². The summed E-state index contributed by atoms with van der Waals surface area (Å²) >= 11 is 0. The summed E-state index contributed by atoms with van der Waals surface area (Å²) in [5, 5.41) is 12.6. The standard InChI is InChI=1S/C26H23F3N4O3/c1-4-36-24(34)23-19-10-7-16(11-22(19)32-33-23)20-12-17(8-5-14(20)2)30-25(35)31-18-9-6-15(3)21(13-18)26(27,28)29/h5-13H,4H2,1-3H3,(H,32,33)(H2,30,31,35). The maximum Gasteiger partial charge on any atom is 0.416 e. The fraction of sp³-hybridized carbons (Fsp3) is 0.192. The Bertz CT molecular complexity index is 1460. The lowest BCUT2D eigenvalue weighted by Gasteiger charge is -2.14. The van der Waals surface area contributed by atoms with Gasteiger partial charge < -0.3 is 15.4 Å². The van der Waals surface area contributed by atoms with Gasteiger partial charge in [-0.15, -0.1) is 0 Å². The number of urea groups is 1. The molecule has 0 atom stereocenters. The number of aromatic amines is 1. The maximum absolute atomic E-state index is 13.2. The predicted octanol–water partition coefficient (Wildman–Crippen LogP) is 6.69. The van der Waals surface area contributed by atoms with E-state index in [2.05, 4.69) is 20.8 Å². The summed E-state index contributed by atoms with van der Waals surface area (Å²) in [6, 6.07) is 13.7. The minimum Gasteiger partial charge on any atom is -0.461 e. The van der Waals surface area contributed by atoms with Crippen molar-refractivity contribution in [3.05, 3.63) is 77.0 Å². The number of aryl methyl sites for hydroxylation is 2. The van der Waals surface area contributed by atoms with Gasteiger partial charge in [-0.3, -0.25) is 5.10 Å². The zero-order valence-electron chi connectivity index (χ0n) is 19.7. The van der Waals surface area contributed by atoms with Crippen LogP contribution in [-0.4, -0.2) is 28.8 Å². The first-order valence-electron chi connectivity index (χ1n) is 11.1. The van der Waals surface area contributed by atoms with Crippen LogP contribution in [-0.2, 0) is 10.9 Å². The van der Waals surface area contributed by atoms with Crippen molar-refractivity contribution in [1.29, 1.82) is 0 Å². The number of alkyl halides is 3. The van der Waals surface area contributed by atoms with Crippen LogP contribution in [0.15, 0.2) is 54.6 Å². The lowest BCUT2D eigenvalue weighted by molar-refractivity contribution is -0.138. The molecule has 0 spiro atoms. The second kappa shape index (κ2) is 9.73. The summed E-state index contributed by atoms with van der Waals surface area (Å²) in [7, 11) is 0. The Morgan fingerprint density at radius 3 is 2.28 bits per heavy atom. The van der Waals surface area contributed by atoms with Crippen LogP contribution in [0.1, 0.15) is 34.1 Å². The fourth-order valence-electron chi connectivity index (χ4n) is 3.85. The first-order chi connectivity index (χ1) is 17.1. The summed E-state index contributed by atoms with van der Waals surface area (Å²) in [6.45, 7) is 5.23. The Labute approximate surface area is 204 Å². The number of nitrogens with one attached hydrogen (secondary N) is 3. The number of aromatic nitrogens is 2. The molecule has 0 bridgehead atoms. The number of hydrogen-bond donors (Lipinski definition) is 3. The summed E-state index contributed by atoms with van der Waals surface area (Å²) in [5.74, 6) is -0.513. The Morgan fingerprint density at radius 1 is 0.944 bits per heavy atom. The van der Waals surface area contributed by atoms with Crippen LogP contribution in [0.25, 0.3) is 22.0 Å². The number of amides is 2. The molecule has 186 valence electrons. The van der Waals surface area contributed by atoms with Crippen LogP contribution >= 0.6 is 0 Å². The van der Waals surface area contributed by atoms with Gasteiger partial charge in [0.05, 0.1) is 17.7 Å². The van der Waals surface area contributed by atoms with Crippen LogP contribution in [0.3, 0.4) is 0 Å². The Balaban J connectivity index is 1.55. The second-order valence-corrected chi connectivity index (χ2v) is 8.19. The minimum atomic E-state index is -4.52. The number of benzene rings is 3. The van der Waals surface area contributed by atoms with Crippen LogP contribution in [0.5, 0.6) is 0 Å². The number of esters is 1. The Morgan fingerprint density at radius 2 is 1.61 bits per heavy atom. The van der Waals surface area contributed by atoms with E-state index in [1.54, 1.807) is 25.1 Å². The van der Waals surface area contributed by atoms with Gasteiger partial charge in [-0.1, -0.05) is 18.2 Å². The predicted molar refractivity (Wildman–Crippen MR) is 131 cm³/mol. The number of H-pyrrole nitrogens is 1. The molecule has 1 aromatic heterocycles. The van der Waals surface area contributed by atoms with Crippen LogP contribution in [0.4, 0.5) is 29.3 Å². The van der Waals surface area contributed by atoms with Crippen molar-refractivity contribution in [2.75, 3.05) is 17.2 Å². The molecule has 0 unspecified atom stereocenters. The molecule has 4 rings (SSSR count). The lowest BCUT2D eigenvalue weighted by atomic mass is 9.98. The number of ether oxygens (including phenoxy) is 1. The van der Waals surface area contributed by atoms with Crippen molar-refractivity contribution < 1.29 is 27.5 Å². The van der Waals surface area contributed by atoms with E-state index >= 15 is 0 Å². The summed E-state index contributed by atoms with van der Waals surface area (Å²) in [5.41, 5.74) is 3.15. The number of nitrogens with zero attached hydrogens (tertiary/aromatic N) is 1. The second-order valence-electron chi connectivity index (χ2n) is 8.19. The maximum atomic E-state index is 13.2. The molecule has 2 amide bonds. The third kappa shape index (κ3) is 5.17. The van der Waals surface area contributed by atoms with Gasteiger partial charge in [-0.2, -0.15) is 18.3 Å². The highest BCUT2D eigenvalue weighted by atomic mass is 19.4. The SMILES string of the molecule is CCOC(=O)c1n[nH]c2cc(-c3cc(NC(=O)Nc4ccc(C)c(C(F)(F)F)c4)ccc3C)ccc12. The van der Waals surface area contributed by atoms with Gasteiger partial charge in [0.2, 0.25) is 0 Å². The minimum absolute atomic E-state index is 0.0276. The van der Waals surface area contributed by atoms with Crippen molar-refractivity contribution in [3.8, 4) is 11.1 Å². The monoisotopic (exact) mass is 496 g/mol. The molecule has 36 heavy (non-hydrogen) atoms. The lowest BCUT2D eigenvalue weighted by Crippen LogP contribution is -2.20. The number of hydrogen-bond acceptors (Lipinski definition) is 4. The smallest absolute Gasteiger partial charge is 0.416 e. The molecule has 3 N–H and O–H groups in total. The van der Waals surface area contributed by atoms with Crippen molar-refractivity contribution in [2.45, 2.75) is 26.9 Å². The molecule has 0 fully saturated rings. The number of rotatable bonds is 5. The average Bonchev–Trinajstić information content (AvgIpc) is 3.24. The highest BCUT2D eigenvalue weighted by Crippen LogP contribution is 2.34. The van der Waals surface area contributed by atoms with E-state index in [0.717, 1.165) is 22.8 Å². The third-order valence-electron chi connectivity index (χ3n) is 5.64. The molecule has 0 radical (unpaired) electrons. The van der Waals surface area contributed by atoms with Gasteiger partial charge in [-0.25, -0.2) is 9.59 Å². The van der Waals surface area contributed by atoms with Crippen molar-refractivity contribution in [1.82, 2.24) is 10.2 Å². The highest BCUT2D eigenvalue weighted by molar-refractivity contribution is 6.03. The first-order valence-corrected chi connectivity index (χ1v) is 11.1. The topological polar surface area (TPSA) is 96.1 Å². The summed E-state index contributed by atoms with van der Waals surface area (Å²) < 4.78 is 44.5. The van der Waals surface area contributed by atoms with Crippen molar-refractivity contribution >= 4 is 34.3 Å². The number of carbonyl (C=O) groups excluding carboxylic acids is 2. The largest absolute Gasteiger partial charge is 0.461 e. The Kier molecular flexibility index (Phi) is 6.69. The van der Waals surface area contributed by atoms with E-state index in [9.17, 15) is 22.8 Å². The van der Waals surface area contributed by atoms with Crippen molar-refractivity contribution in [2.24, 2.45) is 0 Å². The number of halogens is 3. The molecule has 0 saturated heterocycles. The first kappa shape index (κ1) is 24.8. The van der Waals surface area contributed by atoms with Gasteiger partial charge in [0.1, 0.15) is 0 Å². The number of carbonyl (C=O) groups is 2. The highest BCUT2D eigenvalue weighted by Gasteiger charge is 2.32. The molecule has 3 aromatic carbocycles. The van der Waals surface area contributed by atoms with E-state index < -0.39 is 23.7 Å². The normalized spacial score (nSPS) is 11.4. The molecular formula is C26H23F3N4O3. The van der Waals surface area contributed by atoms with E-state index in [1.165, 1.54) is 19.1 Å². The zero-order valence-corrected chi connectivity index (χ0v) is 19.7. The number of fused-ring (bicyclic) bond motifs is 1. The molecule has 0 saturated carbocycles. The zero-order chi connectivity index (χ0) is 26.0. The van der Waals surface area contributed by atoms with E-state index in [4.69, 9.17) is 4.74 Å². The van der Waals surface area contributed by atoms with Crippen LogP contribution in [0, 0.1) is 13.8 Å². The summed E-state index contributed by atoms with van der Waals surface area (Å²) in [4.78, 5) is 24.6. The molecular weight excluding hydrogens is 473 g/mol. The quantitative estimate of drug-likeness (QED) is 0.268. The molecule has 7 nitrogen and oxygen atoms in total. The third-order valence-corrected chi connectivity index (χ3v) is 5.64. The van der Waals surface area contributed by atoms with Crippen LogP contribution in [0.2, 0.25) is 0 Å². The van der Waals surface area contributed by atoms with Gasteiger partial charge in [0, 0.05) is 16.8 Å². The molecule has 10 heteroatoms. The van der Waals surface area contributed by atoms with Gasteiger partial charge in [0.15, 0.2) is 5.69 Å². The van der Waals surface area contributed by atoms with E-state index in [0.29, 0.717) is 16.6 Å². The molecule has 4 aromatic rings. The average molecular weight is 496 g/mol.